The van der Waals surface area contributed by atoms with Gasteiger partial charge < -0.3 is 24.3 Å². The van der Waals surface area contributed by atoms with Crippen molar-refractivity contribution in [3.63, 3.8) is 0 Å². The van der Waals surface area contributed by atoms with E-state index < -0.39 is 18.0 Å². The van der Waals surface area contributed by atoms with Gasteiger partial charge in [-0.25, -0.2) is 4.79 Å². The Morgan fingerprint density at radius 3 is 1.94 bits per heavy atom. The monoisotopic (exact) mass is 427 g/mol. The average molecular weight is 427 g/mol. The fourth-order valence-corrected chi connectivity index (χ4v) is 3.23. The van der Waals surface area contributed by atoms with Gasteiger partial charge in [0, 0.05) is 11.8 Å². The molecule has 0 fully saturated rings. The van der Waals surface area contributed by atoms with Crippen LogP contribution in [0.3, 0.4) is 0 Å². The molecule has 0 saturated heterocycles. The zero-order chi connectivity index (χ0) is 23.1. The second-order valence-electron chi connectivity index (χ2n) is 7.13. The largest absolute Gasteiger partial charge is 0.493 e. The summed E-state index contributed by atoms with van der Waals surface area (Å²) in [7, 11) is 4.53. The fourth-order valence-electron chi connectivity index (χ4n) is 3.23. The van der Waals surface area contributed by atoms with Crippen molar-refractivity contribution in [3.8, 4) is 17.2 Å². The number of nitrogens with one attached hydrogen (secondary N) is 1. The van der Waals surface area contributed by atoms with Crippen LogP contribution in [0.25, 0.3) is 6.08 Å². The molecule has 31 heavy (non-hydrogen) atoms. The molecule has 1 atom stereocenters. The molecule has 0 spiro atoms. The van der Waals surface area contributed by atoms with Gasteiger partial charge in [-0.3, -0.25) is 4.79 Å². The highest BCUT2D eigenvalue weighted by Gasteiger charge is 2.19. The molecule has 2 rings (SSSR count). The summed E-state index contributed by atoms with van der Waals surface area (Å²) < 4.78 is 21.1. The Bertz CT molecular complexity index is 948. The first-order valence-electron chi connectivity index (χ1n) is 9.77. The molecule has 0 aliphatic heterocycles. The van der Waals surface area contributed by atoms with Crippen LogP contribution in [0.15, 0.2) is 30.3 Å². The summed E-state index contributed by atoms with van der Waals surface area (Å²) in [5.74, 6) is 0.341. The van der Waals surface area contributed by atoms with Crippen LogP contribution >= 0.6 is 0 Å². The highest BCUT2D eigenvalue weighted by molar-refractivity contribution is 5.97. The standard InChI is InChI=1S/C24H29NO6/c1-14-10-15(2)22(16(3)11-14)25-24(27)17(4)31-21(26)9-8-18-12-19(28-5)23(30-7)20(13-18)29-6/h8-13,17H,1-7H3,(H,25,27)/b9-8+/t17-/m0/s1. The molecule has 166 valence electrons. The number of anilines is 1. The average Bonchev–Trinajstić information content (AvgIpc) is 2.73. The maximum absolute atomic E-state index is 12.5. The smallest absolute Gasteiger partial charge is 0.331 e. The second kappa shape index (κ2) is 10.5. The third-order valence-electron chi connectivity index (χ3n) is 4.69. The first-order valence-corrected chi connectivity index (χ1v) is 9.77. The van der Waals surface area contributed by atoms with E-state index in [1.165, 1.54) is 34.3 Å². The van der Waals surface area contributed by atoms with Crippen molar-refractivity contribution in [2.45, 2.75) is 33.8 Å². The molecule has 7 heteroatoms. The summed E-state index contributed by atoms with van der Waals surface area (Å²) in [6.45, 7) is 7.37. The number of ether oxygens (including phenoxy) is 4. The minimum absolute atomic E-state index is 0.399. The Morgan fingerprint density at radius 2 is 1.45 bits per heavy atom. The molecule has 2 aromatic carbocycles. The third-order valence-corrected chi connectivity index (χ3v) is 4.69. The van der Waals surface area contributed by atoms with E-state index in [-0.39, 0.29) is 0 Å². The Hall–Kier alpha value is -3.48. The van der Waals surface area contributed by atoms with Crippen LogP contribution in [0.2, 0.25) is 0 Å². The number of hydrogen-bond acceptors (Lipinski definition) is 6. The van der Waals surface area contributed by atoms with Gasteiger partial charge in [-0.2, -0.15) is 0 Å². The number of carbonyl (C=O) groups excluding carboxylic acids is 2. The van der Waals surface area contributed by atoms with E-state index in [0.717, 1.165) is 22.4 Å². The summed E-state index contributed by atoms with van der Waals surface area (Å²) in [5, 5.41) is 2.84. The van der Waals surface area contributed by atoms with Gasteiger partial charge in [0.1, 0.15) is 0 Å². The van der Waals surface area contributed by atoms with Gasteiger partial charge in [0.05, 0.1) is 21.3 Å². The number of amides is 1. The Kier molecular flexibility index (Phi) is 8.07. The second-order valence-corrected chi connectivity index (χ2v) is 7.13. The van der Waals surface area contributed by atoms with Gasteiger partial charge in [-0.05, 0) is 62.6 Å². The first kappa shape index (κ1) is 23.8. The van der Waals surface area contributed by atoms with Gasteiger partial charge in [0.25, 0.3) is 5.91 Å². The van der Waals surface area contributed by atoms with Gasteiger partial charge in [-0.15, -0.1) is 0 Å². The van der Waals surface area contributed by atoms with Crippen molar-refractivity contribution in [2.24, 2.45) is 0 Å². The van der Waals surface area contributed by atoms with Crippen LogP contribution in [-0.4, -0.2) is 39.3 Å². The minimum Gasteiger partial charge on any atom is -0.493 e. The molecule has 2 aromatic rings. The predicted molar refractivity (Wildman–Crippen MR) is 120 cm³/mol. The van der Waals surface area contributed by atoms with Crippen molar-refractivity contribution in [3.05, 3.63) is 52.6 Å². The molecule has 0 aromatic heterocycles. The predicted octanol–water partition coefficient (Wildman–Crippen LogP) is 4.22. The zero-order valence-corrected chi connectivity index (χ0v) is 19.0. The van der Waals surface area contributed by atoms with Crippen molar-refractivity contribution in [1.82, 2.24) is 0 Å². The number of esters is 1. The number of rotatable bonds is 8. The van der Waals surface area contributed by atoms with Crippen LogP contribution in [0, 0.1) is 20.8 Å². The highest BCUT2D eigenvalue weighted by Crippen LogP contribution is 2.38. The lowest BCUT2D eigenvalue weighted by Crippen LogP contribution is -2.30. The summed E-state index contributed by atoms with van der Waals surface area (Å²) >= 11 is 0. The van der Waals surface area contributed by atoms with Crippen LogP contribution < -0.4 is 19.5 Å². The molecule has 0 saturated carbocycles. The lowest BCUT2D eigenvalue weighted by Gasteiger charge is -2.16. The van der Waals surface area contributed by atoms with E-state index >= 15 is 0 Å². The topological polar surface area (TPSA) is 83.1 Å². The van der Waals surface area contributed by atoms with E-state index in [2.05, 4.69) is 5.32 Å². The van der Waals surface area contributed by atoms with Crippen LogP contribution in [0.5, 0.6) is 17.2 Å². The number of aryl methyl sites for hydroxylation is 3. The molecular weight excluding hydrogens is 398 g/mol. The molecular formula is C24H29NO6. The molecule has 1 N–H and O–H groups in total. The lowest BCUT2D eigenvalue weighted by atomic mass is 10.0. The molecule has 0 radical (unpaired) electrons. The minimum atomic E-state index is -0.961. The summed E-state index contributed by atoms with van der Waals surface area (Å²) in [4.78, 5) is 24.7. The van der Waals surface area contributed by atoms with Crippen LogP contribution in [0.1, 0.15) is 29.2 Å². The van der Waals surface area contributed by atoms with Gasteiger partial charge >= 0.3 is 5.97 Å². The first-order chi connectivity index (χ1) is 14.7. The lowest BCUT2D eigenvalue weighted by molar-refractivity contribution is -0.148. The quantitative estimate of drug-likeness (QED) is 0.502. The van der Waals surface area contributed by atoms with Gasteiger partial charge in [-0.1, -0.05) is 17.7 Å². The molecule has 0 aliphatic rings. The number of hydrogen-bond donors (Lipinski definition) is 1. The van der Waals surface area contributed by atoms with Crippen molar-refractivity contribution in [2.75, 3.05) is 26.6 Å². The van der Waals surface area contributed by atoms with Crippen molar-refractivity contribution < 1.29 is 28.5 Å². The van der Waals surface area contributed by atoms with E-state index in [1.54, 1.807) is 18.2 Å². The Labute approximate surface area is 183 Å². The zero-order valence-electron chi connectivity index (χ0n) is 19.0. The highest BCUT2D eigenvalue weighted by atomic mass is 16.5. The number of methoxy groups -OCH3 is 3. The third kappa shape index (κ3) is 6.01. The van der Waals surface area contributed by atoms with Gasteiger partial charge in [0.2, 0.25) is 5.75 Å². The molecule has 0 unspecified atom stereocenters. The normalized spacial score (nSPS) is 11.7. The SMILES string of the molecule is COc1cc(/C=C/C(=O)O[C@@H](C)C(=O)Nc2c(C)cc(C)cc2C)cc(OC)c1OC. The van der Waals surface area contributed by atoms with E-state index in [4.69, 9.17) is 18.9 Å². The van der Waals surface area contributed by atoms with E-state index in [9.17, 15) is 9.59 Å². The van der Waals surface area contributed by atoms with E-state index in [1.807, 2.05) is 32.9 Å². The van der Waals surface area contributed by atoms with Gasteiger partial charge in [0.15, 0.2) is 17.6 Å². The maximum Gasteiger partial charge on any atom is 0.331 e. The molecule has 0 heterocycles. The van der Waals surface area contributed by atoms with Crippen molar-refractivity contribution in [1.29, 1.82) is 0 Å². The molecule has 0 aliphatic carbocycles. The molecule has 1 amide bonds. The van der Waals surface area contributed by atoms with Crippen LogP contribution in [-0.2, 0) is 14.3 Å². The number of carbonyl (C=O) groups is 2. The summed E-state index contributed by atoms with van der Waals surface area (Å²) in [6.07, 6.45) is 1.83. The van der Waals surface area contributed by atoms with Crippen molar-refractivity contribution >= 4 is 23.6 Å². The molecule has 7 nitrogen and oxygen atoms in total. The maximum atomic E-state index is 12.5. The summed E-state index contributed by atoms with van der Waals surface area (Å²) in [6, 6.07) is 7.37. The van der Waals surface area contributed by atoms with E-state index in [0.29, 0.717) is 22.8 Å². The summed E-state index contributed by atoms with van der Waals surface area (Å²) in [5.41, 5.74) is 4.39. The number of benzene rings is 2. The fraction of sp³-hybridized carbons (Fsp3) is 0.333. The molecule has 0 bridgehead atoms. The Morgan fingerprint density at radius 1 is 0.903 bits per heavy atom. The Balaban J connectivity index is 2.07. The van der Waals surface area contributed by atoms with Crippen LogP contribution in [0.4, 0.5) is 5.69 Å².